The maximum atomic E-state index is 12.0. The van der Waals surface area contributed by atoms with Crippen molar-refractivity contribution in [3.05, 3.63) is 35.9 Å². The van der Waals surface area contributed by atoms with Crippen molar-refractivity contribution < 1.29 is 37.4 Å². The normalized spacial score (nSPS) is 12.1. The SMILES string of the molecule is O=C(NC(CNC(=O)C(F)(F)F)C(=O)O)OCc1ccccc1. The van der Waals surface area contributed by atoms with Gasteiger partial charge in [0.15, 0.2) is 0 Å². The summed E-state index contributed by atoms with van der Waals surface area (Å²) in [7, 11) is 0. The summed E-state index contributed by atoms with van der Waals surface area (Å²) in [5.41, 5.74) is 0.639. The lowest BCUT2D eigenvalue weighted by molar-refractivity contribution is -0.173. The van der Waals surface area contributed by atoms with E-state index in [0.29, 0.717) is 5.56 Å². The van der Waals surface area contributed by atoms with Gasteiger partial charge in [0.2, 0.25) is 0 Å². The lowest BCUT2D eigenvalue weighted by atomic mass is 10.2. The van der Waals surface area contributed by atoms with Gasteiger partial charge in [-0.1, -0.05) is 30.3 Å². The molecule has 2 amide bonds. The van der Waals surface area contributed by atoms with Crippen LogP contribution in [0.15, 0.2) is 30.3 Å². The van der Waals surface area contributed by atoms with Crippen LogP contribution in [0.25, 0.3) is 0 Å². The van der Waals surface area contributed by atoms with Crippen LogP contribution in [-0.4, -0.2) is 41.8 Å². The van der Waals surface area contributed by atoms with Crippen LogP contribution in [0.5, 0.6) is 0 Å². The molecule has 0 aromatic heterocycles. The van der Waals surface area contributed by atoms with E-state index >= 15 is 0 Å². The van der Waals surface area contributed by atoms with Crippen LogP contribution in [0.2, 0.25) is 0 Å². The first-order chi connectivity index (χ1) is 10.7. The molecule has 3 N–H and O–H groups in total. The Kier molecular flexibility index (Phi) is 6.36. The van der Waals surface area contributed by atoms with Crippen LogP contribution in [0.1, 0.15) is 5.56 Å². The van der Waals surface area contributed by atoms with Crippen LogP contribution in [-0.2, 0) is 20.9 Å². The van der Waals surface area contributed by atoms with Crippen LogP contribution >= 0.6 is 0 Å². The van der Waals surface area contributed by atoms with E-state index < -0.39 is 36.7 Å². The highest BCUT2D eigenvalue weighted by Crippen LogP contribution is 2.13. The van der Waals surface area contributed by atoms with Gasteiger partial charge in [0, 0.05) is 6.54 Å². The standard InChI is InChI=1S/C13H13F3N2O5/c14-13(15,16)11(21)17-6-9(10(19)20)18-12(22)23-7-8-4-2-1-3-5-8/h1-5,9H,6-7H2,(H,17,21)(H,18,22)(H,19,20). The van der Waals surface area contributed by atoms with Gasteiger partial charge in [0.25, 0.3) is 0 Å². The molecule has 1 atom stereocenters. The molecule has 1 unspecified atom stereocenters. The average Bonchev–Trinajstić information content (AvgIpc) is 2.48. The maximum absolute atomic E-state index is 12.0. The number of amides is 2. The van der Waals surface area contributed by atoms with Gasteiger partial charge in [-0.25, -0.2) is 9.59 Å². The number of benzene rings is 1. The maximum Gasteiger partial charge on any atom is 0.471 e. The van der Waals surface area contributed by atoms with Gasteiger partial charge >= 0.3 is 24.1 Å². The van der Waals surface area contributed by atoms with E-state index in [1.54, 1.807) is 30.3 Å². The molecule has 1 rings (SSSR count). The van der Waals surface area contributed by atoms with E-state index in [-0.39, 0.29) is 6.61 Å². The van der Waals surface area contributed by atoms with Gasteiger partial charge in [0.1, 0.15) is 12.6 Å². The zero-order valence-electron chi connectivity index (χ0n) is 11.6. The number of ether oxygens (including phenoxy) is 1. The molecule has 0 radical (unpaired) electrons. The molecular weight excluding hydrogens is 321 g/mol. The Hall–Kier alpha value is -2.78. The van der Waals surface area contributed by atoms with Gasteiger partial charge in [0.05, 0.1) is 0 Å². The molecule has 0 aliphatic rings. The van der Waals surface area contributed by atoms with E-state index in [4.69, 9.17) is 9.84 Å². The molecule has 0 aliphatic heterocycles. The number of carbonyl (C=O) groups is 3. The molecular formula is C13H13F3N2O5. The first-order valence-corrected chi connectivity index (χ1v) is 6.25. The summed E-state index contributed by atoms with van der Waals surface area (Å²) in [5.74, 6) is -3.92. The number of halogens is 3. The molecule has 1 aromatic rings. The van der Waals surface area contributed by atoms with Crippen molar-refractivity contribution in [1.29, 1.82) is 0 Å². The van der Waals surface area contributed by atoms with E-state index in [1.165, 1.54) is 5.32 Å². The van der Waals surface area contributed by atoms with E-state index in [0.717, 1.165) is 0 Å². The predicted molar refractivity (Wildman–Crippen MR) is 70.3 cm³/mol. The minimum Gasteiger partial charge on any atom is -0.480 e. The van der Waals surface area contributed by atoms with E-state index in [2.05, 4.69) is 0 Å². The highest BCUT2D eigenvalue weighted by Gasteiger charge is 2.39. The third-order valence-corrected chi connectivity index (χ3v) is 2.53. The number of alkyl carbamates (subject to hydrolysis) is 1. The minimum absolute atomic E-state index is 0.145. The summed E-state index contributed by atoms with van der Waals surface area (Å²) in [6.45, 7) is -1.08. The molecule has 10 heteroatoms. The first kappa shape index (κ1) is 18.3. The summed E-state index contributed by atoms with van der Waals surface area (Å²) in [5, 5.41) is 12.0. The van der Waals surface area contributed by atoms with Crippen molar-refractivity contribution in [1.82, 2.24) is 10.6 Å². The van der Waals surface area contributed by atoms with Gasteiger partial charge in [-0.3, -0.25) is 4.79 Å². The Morgan fingerprint density at radius 3 is 2.30 bits per heavy atom. The number of alkyl halides is 3. The Labute approximate surface area is 128 Å². The molecule has 0 bridgehead atoms. The lowest BCUT2D eigenvalue weighted by Crippen LogP contribution is -2.50. The number of rotatable bonds is 6. The van der Waals surface area contributed by atoms with Crippen molar-refractivity contribution >= 4 is 18.0 Å². The zero-order valence-corrected chi connectivity index (χ0v) is 11.6. The predicted octanol–water partition coefficient (Wildman–Crippen LogP) is 1.04. The average molecular weight is 334 g/mol. The van der Waals surface area contributed by atoms with Crippen molar-refractivity contribution in [2.75, 3.05) is 6.54 Å². The highest BCUT2D eigenvalue weighted by atomic mass is 19.4. The second-order valence-corrected chi connectivity index (χ2v) is 4.30. The quantitative estimate of drug-likeness (QED) is 0.721. The Balaban J connectivity index is 2.47. The molecule has 0 saturated heterocycles. The largest absolute Gasteiger partial charge is 0.480 e. The summed E-state index contributed by atoms with van der Waals surface area (Å²) in [4.78, 5) is 32.9. The van der Waals surface area contributed by atoms with Gasteiger partial charge in [-0.2, -0.15) is 13.2 Å². The summed E-state index contributed by atoms with van der Waals surface area (Å²) < 4.78 is 40.7. The van der Waals surface area contributed by atoms with E-state index in [9.17, 15) is 27.6 Å². The topological polar surface area (TPSA) is 105 Å². The summed E-state index contributed by atoms with van der Waals surface area (Å²) in [6, 6.07) is 6.70. The third kappa shape index (κ3) is 6.68. The van der Waals surface area contributed by atoms with Gasteiger partial charge < -0.3 is 20.5 Å². The lowest BCUT2D eigenvalue weighted by Gasteiger charge is -2.16. The number of hydrogen-bond donors (Lipinski definition) is 3. The van der Waals surface area contributed by atoms with Crippen molar-refractivity contribution in [2.24, 2.45) is 0 Å². The summed E-state index contributed by atoms with van der Waals surface area (Å²) in [6.07, 6.45) is -6.28. The molecule has 23 heavy (non-hydrogen) atoms. The molecule has 0 heterocycles. The van der Waals surface area contributed by atoms with E-state index in [1.807, 2.05) is 5.32 Å². The smallest absolute Gasteiger partial charge is 0.471 e. The number of carboxylic acids is 1. The first-order valence-electron chi connectivity index (χ1n) is 6.25. The van der Waals surface area contributed by atoms with Crippen LogP contribution in [0, 0.1) is 0 Å². The fourth-order valence-electron chi connectivity index (χ4n) is 1.40. The van der Waals surface area contributed by atoms with Gasteiger partial charge in [-0.15, -0.1) is 0 Å². The second-order valence-electron chi connectivity index (χ2n) is 4.30. The zero-order chi connectivity index (χ0) is 17.5. The van der Waals surface area contributed by atoms with Gasteiger partial charge in [-0.05, 0) is 5.56 Å². The fraction of sp³-hybridized carbons (Fsp3) is 0.308. The Morgan fingerprint density at radius 2 is 1.78 bits per heavy atom. The minimum atomic E-state index is -5.14. The van der Waals surface area contributed by atoms with Crippen LogP contribution in [0.4, 0.5) is 18.0 Å². The molecule has 1 aromatic carbocycles. The van der Waals surface area contributed by atoms with Crippen molar-refractivity contribution in [3.63, 3.8) is 0 Å². The second kappa shape index (κ2) is 8.01. The monoisotopic (exact) mass is 334 g/mol. The molecule has 0 aliphatic carbocycles. The number of carboxylic acid groups (broad SMARTS) is 1. The number of nitrogens with one attached hydrogen (secondary N) is 2. The fourth-order valence-corrected chi connectivity index (χ4v) is 1.40. The molecule has 0 saturated carbocycles. The molecule has 0 fully saturated rings. The molecule has 0 spiro atoms. The number of hydrogen-bond acceptors (Lipinski definition) is 4. The molecule has 126 valence electrons. The highest BCUT2D eigenvalue weighted by molar-refractivity contribution is 5.84. The van der Waals surface area contributed by atoms with Crippen molar-refractivity contribution in [2.45, 2.75) is 18.8 Å². The van der Waals surface area contributed by atoms with Crippen LogP contribution in [0.3, 0.4) is 0 Å². The molecule has 7 nitrogen and oxygen atoms in total. The van der Waals surface area contributed by atoms with Crippen LogP contribution < -0.4 is 10.6 Å². The number of aliphatic carboxylic acids is 1. The van der Waals surface area contributed by atoms with Crippen molar-refractivity contribution in [3.8, 4) is 0 Å². The summed E-state index contributed by atoms with van der Waals surface area (Å²) >= 11 is 0. The number of carbonyl (C=O) groups excluding carboxylic acids is 2. The Morgan fingerprint density at radius 1 is 1.17 bits per heavy atom. The third-order valence-electron chi connectivity index (χ3n) is 2.53. The Bertz CT molecular complexity index is 562.